The number of aliphatic hydroxyl groups is 1. The molecule has 5 nitrogen and oxygen atoms in total. The number of halogens is 2. The molecule has 27 heavy (non-hydrogen) atoms. The molecule has 1 atom stereocenters. The minimum absolute atomic E-state index is 0.0374. The molecule has 1 N–H and O–H groups in total. The van der Waals surface area contributed by atoms with Gasteiger partial charge in [-0.05, 0) is 42.7 Å². The van der Waals surface area contributed by atoms with Crippen LogP contribution >= 0.6 is 11.6 Å². The predicted molar refractivity (Wildman–Crippen MR) is 100 cm³/mol. The maximum atomic E-state index is 14.1. The zero-order chi connectivity index (χ0) is 18.7. The van der Waals surface area contributed by atoms with E-state index in [-0.39, 0.29) is 29.6 Å². The number of aliphatic hydroxyl groups excluding tert-OH is 1. The summed E-state index contributed by atoms with van der Waals surface area (Å²) in [6.45, 7) is 0.402. The van der Waals surface area contributed by atoms with Crippen molar-refractivity contribution in [3.05, 3.63) is 53.1 Å². The Morgan fingerprint density at radius 1 is 1.30 bits per heavy atom. The van der Waals surface area contributed by atoms with Gasteiger partial charge in [0.25, 0.3) is 5.91 Å². The minimum atomic E-state index is -0.534. The Morgan fingerprint density at radius 2 is 2.11 bits per heavy atom. The summed E-state index contributed by atoms with van der Waals surface area (Å²) in [4.78, 5) is 19.7. The lowest BCUT2D eigenvalue weighted by atomic mass is 10.0. The van der Waals surface area contributed by atoms with Gasteiger partial charge in [0.15, 0.2) is 0 Å². The van der Waals surface area contributed by atoms with Gasteiger partial charge in [0.1, 0.15) is 11.5 Å². The van der Waals surface area contributed by atoms with Gasteiger partial charge in [-0.15, -0.1) is 0 Å². The first-order chi connectivity index (χ1) is 13.1. The van der Waals surface area contributed by atoms with E-state index in [1.54, 1.807) is 17.2 Å². The van der Waals surface area contributed by atoms with E-state index >= 15 is 0 Å². The SMILES string of the molecule is O=C1c2c(-c3ccc(Cl)c(F)c3)c3ncccc3n2C[C@H](CO)N1C1CC1. The van der Waals surface area contributed by atoms with E-state index in [9.17, 15) is 14.3 Å². The Labute approximate surface area is 160 Å². The van der Waals surface area contributed by atoms with E-state index in [1.807, 2.05) is 16.7 Å². The van der Waals surface area contributed by atoms with Crippen molar-refractivity contribution in [2.75, 3.05) is 6.61 Å². The molecule has 7 heteroatoms. The second-order valence-electron chi connectivity index (χ2n) is 7.11. The average Bonchev–Trinajstić information content (AvgIpc) is 3.45. The highest BCUT2D eigenvalue weighted by molar-refractivity contribution is 6.30. The molecular formula is C20H17ClFN3O2. The third kappa shape index (κ3) is 2.47. The molecule has 1 aliphatic heterocycles. The van der Waals surface area contributed by atoms with Gasteiger partial charge in [-0.3, -0.25) is 9.78 Å². The smallest absolute Gasteiger partial charge is 0.271 e. The van der Waals surface area contributed by atoms with Crippen LogP contribution in [0, 0.1) is 5.82 Å². The minimum Gasteiger partial charge on any atom is -0.394 e. The van der Waals surface area contributed by atoms with Gasteiger partial charge in [0.2, 0.25) is 0 Å². The van der Waals surface area contributed by atoms with E-state index in [4.69, 9.17) is 11.6 Å². The summed E-state index contributed by atoms with van der Waals surface area (Å²) in [5, 5.41) is 9.89. The first-order valence-electron chi connectivity index (χ1n) is 8.96. The van der Waals surface area contributed by atoms with Crippen LogP contribution in [0.3, 0.4) is 0 Å². The van der Waals surface area contributed by atoms with E-state index in [1.165, 1.54) is 12.1 Å². The Hall–Kier alpha value is -2.44. The first kappa shape index (κ1) is 16.7. The molecule has 0 saturated heterocycles. The summed E-state index contributed by atoms with van der Waals surface area (Å²) in [7, 11) is 0. The van der Waals surface area contributed by atoms with Crippen molar-refractivity contribution in [3.8, 4) is 11.1 Å². The van der Waals surface area contributed by atoms with E-state index in [2.05, 4.69) is 4.98 Å². The van der Waals surface area contributed by atoms with Crippen LogP contribution in [0.25, 0.3) is 22.2 Å². The standard InChI is InChI=1S/C20H17ClFN3O2/c21-14-6-3-11(8-15(14)22)17-18-16(2-1-7-23-18)24-9-13(10-26)25(12-4-5-12)20(27)19(17)24/h1-3,6-8,12-13,26H,4-5,9-10H2/t13-/m1/s1. The number of nitrogens with zero attached hydrogens (tertiary/aromatic N) is 3. The second-order valence-corrected chi connectivity index (χ2v) is 7.52. The van der Waals surface area contributed by atoms with E-state index < -0.39 is 5.82 Å². The molecule has 1 aromatic carbocycles. The van der Waals surface area contributed by atoms with E-state index in [0.717, 1.165) is 18.4 Å². The molecule has 3 heterocycles. The Balaban J connectivity index is 1.80. The Bertz CT molecular complexity index is 1080. The van der Waals surface area contributed by atoms with Crippen molar-refractivity contribution < 1.29 is 14.3 Å². The van der Waals surface area contributed by atoms with Crippen molar-refractivity contribution in [3.63, 3.8) is 0 Å². The molecular weight excluding hydrogens is 369 g/mol. The van der Waals surface area contributed by atoms with Crippen LogP contribution in [-0.4, -0.2) is 44.2 Å². The van der Waals surface area contributed by atoms with Gasteiger partial charge in [0.05, 0.1) is 28.7 Å². The Kier molecular flexibility index (Phi) is 3.74. The maximum Gasteiger partial charge on any atom is 0.271 e. The third-order valence-electron chi connectivity index (χ3n) is 5.40. The molecule has 1 amide bonds. The highest BCUT2D eigenvalue weighted by Crippen LogP contribution is 2.41. The molecule has 0 bridgehead atoms. The van der Waals surface area contributed by atoms with Gasteiger partial charge in [-0.2, -0.15) is 0 Å². The molecule has 0 radical (unpaired) electrons. The van der Waals surface area contributed by atoms with Crippen LogP contribution in [0.15, 0.2) is 36.5 Å². The van der Waals surface area contributed by atoms with Gasteiger partial charge in [0, 0.05) is 24.3 Å². The van der Waals surface area contributed by atoms with E-state index in [0.29, 0.717) is 28.9 Å². The van der Waals surface area contributed by atoms with Crippen molar-refractivity contribution in [1.29, 1.82) is 0 Å². The van der Waals surface area contributed by atoms with Gasteiger partial charge >= 0.3 is 0 Å². The maximum absolute atomic E-state index is 14.1. The highest BCUT2D eigenvalue weighted by Gasteiger charge is 2.43. The monoisotopic (exact) mass is 385 g/mol. The summed E-state index contributed by atoms with van der Waals surface area (Å²) >= 11 is 5.84. The Morgan fingerprint density at radius 3 is 2.81 bits per heavy atom. The molecule has 5 rings (SSSR count). The summed E-state index contributed by atoms with van der Waals surface area (Å²) in [6.07, 6.45) is 3.56. The molecule has 0 unspecified atom stereocenters. The summed E-state index contributed by atoms with van der Waals surface area (Å²) in [5.74, 6) is -0.667. The van der Waals surface area contributed by atoms with Gasteiger partial charge in [-0.25, -0.2) is 4.39 Å². The third-order valence-corrected chi connectivity index (χ3v) is 5.71. The first-order valence-corrected chi connectivity index (χ1v) is 9.34. The lowest BCUT2D eigenvalue weighted by Gasteiger charge is -2.36. The van der Waals surface area contributed by atoms with Crippen LogP contribution < -0.4 is 0 Å². The largest absolute Gasteiger partial charge is 0.394 e. The molecule has 2 aromatic heterocycles. The number of amides is 1. The van der Waals surface area contributed by atoms with Crippen LogP contribution in [0.4, 0.5) is 4.39 Å². The number of fused-ring (bicyclic) bond motifs is 3. The molecule has 1 saturated carbocycles. The number of benzene rings is 1. The lowest BCUT2D eigenvalue weighted by molar-refractivity contribution is 0.0466. The molecule has 1 fully saturated rings. The fraction of sp³-hybridized carbons (Fsp3) is 0.300. The van der Waals surface area contributed by atoms with Crippen LogP contribution in [0.1, 0.15) is 23.3 Å². The van der Waals surface area contributed by atoms with Gasteiger partial charge in [-0.1, -0.05) is 17.7 Å². The zero-order valence-electron chi connectivity index (χ0n) is 14.4. The van der Waals surface area contributed by atoms with Crippen molar-refractivity contribution >= 4 is 28.5 Å². The number of rotatable bonds is 3. The summed E-state index contributed by atoms with van der Waals surface area (Å²) in [5.41, 5.74) is 3.15. The fourth-order valence-electron chi connectivity index (χ4n) is 4.06. The summed E-state index contributed by atoms with van der Waals surface area (Å²) in [6, 6.07) is 8.17. The molecule has 0 spiro atoms. The normalized spacial score (nSPS) is 19.6. The molecule has 2 aliphatic rings. The quantitative estimate of drug-likeness (QED) is 0.751. The van der Waals surface area contributed by atoms with Gasteiger partial charge < -0.3 is 14.6 Å². The van der Waals surface area contributed by atoms with Crippen molar-refractivity contribution in [2.24, 2.45) is 0 Å². The van der Waals surface area contributed by atoms with Crippen molar-refractivity contribution in [2.45, 2.75) is 31.5 Å². The number of aromatic nitrogens is 2. The highest BCUT2D eigenvalue weighted by atomic mass is 35.5. The molecule has 138 valence electrons. The number of pyridine rings is 1. The summed E-state index contributed by atoms with van der Waals surface area (Å²) < 4.78 is 16.1. The zero-order valence-corrected chi connectivity index (χ0v) is 15.2. The molecule has 1 aliphatic carbocycles. The topological polar surface area (TPSA) is 58.4 Å². The van der Waals surface area contributed by atoms with Crippen LogP contribution in [0.2, 0.25) is 5.02 Å². The fourth-order valence-corrected chi connectivity index (χ4v) is 4.18. The van der Waals surface area contributed by atoms with Crippen LogP contribution in [0.5, 0.6) is 0 Å². The van der Waals surface area contributed by atoms with Crippen molar-refractivity contribution in [1.82, 2.24) is 14.5 Å². The molecule has 3 aromatic rings. The lowest BCUT2D eigenvalue weighted by Crippen LogP contribution is -2.50. The average molecular weight is 386 g/mol. The number of carbonyl (C=O) groups excluding carboxylic acids is 1. The number of hydrogen-bond donors (Lipinski definition) is 1. The second kappa shape index (κ2) is 6.04. The van der Waals surface area contributed by atoms with Crippen LogP contribution in [-0.2, 0) is 6.54 Å². The predicted octanol–water partition coefficient (Wildman–Crippen LogP) is 3.47. The number of carbonyl (C=O) groups is 1. The number of hydrogen-bond acceptors (Lipinski definition) is 3.